The van der Waals surface area contributed by atoms with Crippen molar-refractivity contribution in [1.29, 1.82) is 0 Å². The van der Waals surface area contributed by atoms with Crippen LogP contribution in [-0.4, -0.2) is 65.6 Å². The maximum Gasteiger partial charge on any atom is 0.323 e. The van der Waals surface area contributed by atoms with E-state index in [2.05, 4.69) is 29.4 Å². The van der Waals surface area contributed by atoms with Crippen LogP contribution in [0.15, 0.2) is 84.9 Å². The van der Waals surface area contributed by atoms with Crippen molar-refractivity contribution >= 4 is 17.8 Å². The van der Waals surface area contributed by atoms with Gasteiger partial charge in [0.1, 0.15) is 29.5 Å². The molecule has 57 heavy (non-hydrogen) atoms. The van der Waals surface area contributed by atoms with Gasteiger partial charge in [0.25, 0.3) is 11.8 Å². The Bertz CT molecular complexity index is 2000. The maximum atomic E-state index is 14.5. The number of nitrogens with one attached hydrogen (secondary N) is 2. The highest BCUT2D eigenvalue weighted by Gasteiger charge is 2.30. The van der Waals surface area contributed by atoms with Gasteiger partial charge < -0.3 is 31.1 Å². The Morgan fingerprint density at radius 2 is 1.51 bits per heavy atom. The summed E-state index contributed by atoms with van der Waals surface area (Å²) >= 11 is 0. The first-order valence-electron chi connectivity index (χ1n) is 19.6. The number of hydrogen-bond acceptors (Lipinski definition) is 7. The van der Waals surface area contributed by atoms with E-state index in [0.717, 1.165) is 55.0 Å². The Morgan fingerprint density at radius 3 is 2.18 bits per heavy atom. The number of rotatable bonds is 19. The molecule has 0 aromatic heterocycles. The first-order chi connectivity index (χ1) is 27.4. The van der Waals surface area contributed by atoms with Gasteiger partial charge >= 0.3 is 5.97 Å². The summed E-state index contributed by atoms with van der Waals surface area (Å²) < 4.78 is 35.1. The van der Waals surface area contributed by atoms with Gasteiger partial charge in [0, 0.05) is 55.4 Å². The molecule has 4 aromatic rings. The van der Waals surface area contributed by atoms with E-state index in [9.17, 15) is 28.3 Å². The van der Waals surface area contributed by atoms with Crippen molar-refractivity contribution in [3.8, 4) is 17.6 Å². The number of nitrogens with zero attached hydrogens (tertiary/aromatic N) is 1. The summed E-state index contributed by atoms with van der Waals surface area (Å²) in [5.41, 5.74) is 10.3. The van der Waals surface area contributed by atoms with E-state index in [1.807, 2.05) is 38.1 Å². The van der Waals surface area contributed by atoms with Gasteiger partial charge in [0.05, 0.1) is 6.04 Å². The van der Waals surface area contributed by atoms with Crippen molar-refractivity contribution in [2.24, 2.45) is 5.73 Å². The Kier molecular flexibility index (Phi) is 17.2. The summed E-state index contributed by atoms with van der Waals surface area (Å²) in [7, 11) is 0. The Morgan fingerprint density at radius 1 is 0.825 bits per heavy atom. The average Bonchev–Trinajstić information content (AvgIpc) is 3.17. The molecule has 0 spiro atoms. The van der Waals surface area contributed by atoms with Crippen LogP contribution in [0.3, 0.4) is 0 Å². The van der Waals surface area contributed by atoms with E-state index in [0.29, 0.717) is 36.3 Å². The highest BCUT2D eigenvalue weighted by atomic mass is 19.1. The minimum absolute atomic E-state index is 0.0205. The molecule has 11 heteroatoms. The van der Waals surface area contributed by atoms with Crippen LogP contribution in [-0.2, 0) is 28.9 Å². The fourth-order valence-corrected chi connectivity index (χ4v) is 6.46. The van der Waals surface area contributed by atoms with Crippen molar-refractivity contribution in [2.45, 2.75) is 91.0 Å². The number of aryl methyl sites for hydroxylation is 1. The van der Waals surface area contributed by atoms with E-state index in [-0.39, 0.29) is 42.2 Å². The number of amides is 2. The van der Waals surface area contributed by atoms with E-state index >= 15 is 0 Å². The first-order valence-corrected chi connectivity index (χ1v) is 19.6. The zero-order chi connectivity index (χ0) is 41.3. The lowest BCUT2D eigenvalue weighted by Crippen LogP contribution is -2.52. The van der Waals surface area contributed by atoms with Crippen molar-refractivity contribution in [3.63, 3.8) is 0 Å². The van der Waals surface area contributed by atoms with Crippen LogP contribution >= 0.6 is 0 Å². The van der Waals surface area contributed by atoms with Crippen LogP contribution in [0.5, 0.6) is 5.75 Å². The molecule has 0 aliphatic rings. The Labute approximate surface area is 335 Å². The number of carbonyl (C=O) groups is 3. The predicted octanol–water partition coefficient (Wildman–Crippen LogP) is 7.01. The third-order valence-corrected chi connectivity index (χ3v) is 9.18. The molecule has 9 nitrogen and oxygen atoms in total. The fourth-order valence-electron chi connectivity index (χ4n) is 6.46. The molecule has 0 saturated carbocycles. The minimum atomic E-state index is -1.11. The molecule has 0 unspecified atom stereocenters. The van der Waals surface area contributed by atoms with Gasteiger partial charge in [-0.25, -0.2) is 8.78 Å². The van der Waals surface area contributed by atoms with Gasteiger partial charge in [-0.15, -0.1) is 0 Å². The average molecular weight is 781 g/mol. The minimum Gasteiger partial charge on any atom is -0.508 e. The molecule has 3 atom stereocenters. The third kappa shape index (κ3) is 14.1. The Hall–Kier alpha value is -5.57. The summed E-state index contributed by atoms with van der Waals surface area (Å²) in [6.07, 6.45) is 2.19. The van der Waals surface area contributed by atoms with Gasteiger partial charge in [0.2, 0.25) is 0 Å². The molecule has 2 amide bonds. The standard InChI is InChI=1S/C46H54F2N4O5/c1-5-8-9-11-32-12-10-13-34(22-32)29-50-30-43(57-46(56)41(49)25-33-14-16-40(53)17-15-33)42(26-35-23-38(47)28-39(48)24-35)51-44(54)36-20-31(4)21-37(27-36)45(55)52(18-6-2)19-7-3/h10,12-17,20-24,27-28,41-43,50,53H,5-8,18-19,25-26,29-30,49H2,1-4H3,(H,51,54)/t41-,42-,43+/m0/s1. The van der Waals surface area contributed by atoms with E-state index in [1.54, 1.807) is 36.1 Å². The van der Waals surface area contributed by atoms with Crippen LogP contribution in [0.4, 0.5) is 8.78 Å². The summed E-state index contributed by atoms with van der Waals surface area (Å²) in [5.74, 6) is 3.25. The number of unbranched alkanes of at least 4 members (excludes halogenated alkanes) is 1. The van der Waals surface area contributed by atoms with Crippen molar-refractivity contribution < 1.29 is 33.0 Å². The molecule has 0 saturated heterocycles. The lowest BCUT2D eigenvalue weighted by molar-refractivity contribution is -0.152. The van der Waals surface area contributed by atoms with Gasteiger partial charge in [-0.1, -0.05) is 56.9 Å². The molecule has 0 aliphatic heterocycles. The lowest BCUT2D eigenvalue weighted by atomic mass is 9.98. The number of ether oxygens (including phenoxy) is 1. The van der Waals surface area contributed by atoms with Crippen LogP contribution in [0, 0.1) is 30.4 Å². The molecule has 0 aliphatic carbocycles. The van der Waals surface area contributed by atoms with Gasteiger partial charge in [-0.3, -0.25) is 14.4 Å². The first kappa shape index (κ1) is 44.1. The summed E-state index contributed by atoms with van der Waals surface area (Å²) in [6, 6.07) is 19.9. The molecule has 302 valence electrons. The number of hydrogen-bond donors (Lipinski definition) is 4. The topological polar surface area (TPSA) is 134 Å². The number of halogens is 2. The largest absolute Gasteiger partial charge is 0.508 e. The molecular weight excluding hydrogens is 727 g/mol. The van der Waals surface area contributed by atoms with Crippen LogP contribution in [0.25, 0.3) is 0 Å². The molecule has 0 heterocycles. The predicted molar refractivity (Wildman–Crippen MR) is 219 cm³/mol. The van der Waals surface area contributed by atoms with Crippen molar-refractivity contribution in [3.05, 3.63) is 136 Å². The fraction of sp³-hybridized carbons (Fsp3) is 0.370. The number of aromatic hydroxyl groups is 1. The zero-order valence-electron chi connectivity index (χ0n) is 33.2. The normalized spacial score (nSPS) is 12.5. The molecule has 0 fully saturated rings. The number of benzene rings is 4. The smallest absolute Gasteiger partial charge is 0.323 e. The van der Waals surface area contributed by atoms with E-state index in [1.165, 1.54) is 18.2 Å². The molecule has 5 N–H and O–H groups in total. The van der Waals surface area contributed by atoms with E-state index < -0.39 is 41.7 Å². The monoisotopic (exact) mass is 780 g/mol. The maximum absolute atomic E-state index is 14.5. The second-order valence-corrected chi connectivity index (χ2v) is 14.3. The van der Waals surface area contributed by atoms with Crippen molar-refractivity contribution in [2.75, 3.05) is 19.6 Å². The van der Waals surface area contributed by atoms with Crippen LogP contribution in [0.2, 0.25) is 0 Å². The number of phenols is 1. The van der Waals surface area contributed by atoms with Crippen LogP contribution in [0.1, 0.15) is 95.0 Å². The molecular formula is C46H54F2N4O5. The van der Waals surface area contributed by atoms with Gasteiger partial charge in [-0.2, -0.15) is 0 Å². The number of nitrogens with two attached hydrogens (primary N) is 1. The van der Waals surface area contributed by atoms with Gasteiger partial charge in [0.15, 0.2) is 0 Å². The van der Waals surface area contributed by atoms with Gasteiger partial charge in [-0.05, 0) is 116 Å². The quantitative estimate of drug-likeness (QED) is 0.0595. The second-order valence-electron chi connectivity index (χ2n) is 14.3. The second kappa shape index (κ2) is 22.2. The zero-order valence-corrected chi connectivity index (χ0v) is 33.2. The SMILES string of the molecule is CCCC#Cc1cccc(CNC[C@@H](OC(=O)[C@@H](N)Cc2ccc(O)cc2)[C@H](Cc2cc(F)cc(F)c2)NC(=O)c2cc(C)cc(C(=O)N(CCC)CCC)c2)c1. The molecule has 0 radical (unpaired) electrons. The lowest BCUT2D eigenvalue weighted by Gasteiger charge is -2.30. The van der Waals surface area contributed by atoms with E-state index in [4.69, 9.17) is 10.5 Å². The van der Waals surface area contributed by atoms with Crippen LogP contribution < -0.4 is 16.4 Å². The summed E-state index contributed by atoms with van der Waals surface area (Å²) in [5, 5.41) is 16.0. The summed E-state index contributed by atoms with van der Waals surface area (Å²) in [6.45, 7) is 9.35. The number of esters is 1. The third-order valence-electron chi connectivity index (χ3n) is 9.18. The Balaban J connectivity index is 1.68. The number of phenolic OH excluding ortho intramolecular Hbond substituents is 1. The summed E-state index contributed by atoms with van der Waals surface area (Å²) in [4.78, 5) is 43.2. The number of carbonyl (C=O) groups excluding carboxylic acids is 3. The molecule has 0 bridgehead atoms. The van der Waals surface area contributed by atoms with Crippen molar-refractivity contribution in [1.82, 2.24) is 15.5 Å². The highest BCUT2D eigenvalue weighted by molar-refractivity contribution is 6.00. The molecule has 4 aromatic carbocycles. The molecule has 4 rings (SSSR count). The highest BCUT2D eigenvalue weighted by Crippen LogP contribution is 2.18.